The fraction of sp³-hybridized carbons (Fsp3) is 0.600. The average Bonchev–Trinajstić information content (AvgIpc) is 2.70. The normalized spacial score (nSPS) is 28.6. The summed E-state index contributed by atoms with van der Waals surface area (Å²) in [6, 6.07) is 5.22. The van der Waals surface area contributed by atoms with Crippen LogP contribution < -0.4 is 10.6 Å². The molecule has 20 heavy (non-hydrogen) atoms. The van der Waals surface area contributed by atoms with Crippen LogP contribution in [0.4, 0.5) is 5.82 Å². The van der Waals surface area contributed by atoms with Gasteiger partial charge in [0.25, 0.3) is 5.91 Å². The summed E-state index contributed by atoms with van der Waals surface area (Å²) in [6.45, 7) is 0. The molecule has 0 saturated carbocycles. The summed E-state index contributed by atoms with van der Waals surface area (Å²) in [4.78, 5) is 20.4. The summed E-state index contributed by atoms with van der Waals surface area (Å²) in [5.41, 5.74) is 6.73. The molecule has 2 atom stereocenters. The lowest BCUT2D eigenvalue weighted by molar-refractivity contribution is 0.0827. The second-order valence-electron chi connectivity index (χ2n) is 6.13. The molecule has 0 aromatic carbocycles. The molecule has 2 aliphatic rings. The van der Waals surface area contributed by atoms with Crippen molar-refractivity contribution in [2.45, 2.75) is 43.8 Å². The lowest BCUT2D eigenvalue weighted by Gasteiger charge is -2.38. The standard InChI is InChI=1S/C15H22N4O/c1-18(2)15(20)10-3-6-14(17-9-10)19-12-4-5-13(19)8-11(16)7-12/h3,6,9,11-13H,4-5,7-8,16H2,1-2H3. The Hall–Kier alpha value is -1.62. The zero-order valence-electron chi connectivity index (χ0n) is 12.1. The predicted molar refractivity (Wildman–Crippen MR) is 78.8 cm³/mol. The Kier molecular flexibility index (Phi) is 3.38. The number of carbonyl (C=O) groups excluding carboxylic acids is 1. The Labute approximate surface area is 119 Å². The summed E-state index contributed by atoms with van der Waals surface area (Å²) in [5, 5.41) is 0. The van der Waals surface area contributed by atoms with Crippen LogP contribution in [0.5, 0.6) is 0 Å². The van der Waals surface area contributed by atoms with Gasteiger partial charge in [0.2, 0.25) is 0 Å². The van der Waals surface area contributed by atoms with Crippen molar-refractivity contribution in [1.82, 2.24) is 9.88 Å². The van der Waals surface area contributed by atoms with Gasteiger partial charge in [-0.15, -0.1) is 0 Å². The summed E-state index contributed by atoms with van der Waals surface area (Å²) in [7, 11) is 3.50. The average molecular weight is 274 g/mol. The largest absolute Gasteiger partial charge is 0.351 e. The van der Waals surface area contributed by atoms with E-state index >= 15 is 0 Å². The molecule has 2 saturated heterocycles. The van der Waals surface area contributed by atoms with Crippen molar-refractivity contribution in [2.24, 2.45) is 5.73 Å². The Morgan fingerprint density at radius 1 is 1.30 bits per heavy atom. The van der Waals surface area contributed by atoms with Crippen LogP contribution in [0.25, 0.3) is 0 Å². The molecule has 0 radical (unpaired) electrons. The van der Waals surface area contributed by atoms with Crippen molar-refractivity contribution in [3.63, 3.8) is 0 Å². The second-order valence-corrected chi connectivity index (χ2v) is 6.13. The summed E-state index contributed by atoms with van der Waals surface area (Å²) in [6.07, 6.45) is 6.20. The maximum atomic E-state index is 11.9. The number of pyridine rings is 1. The van der Waals surface area contributed by atoms with Crippen molar-refractivity contribution in [1.29, 1.82) is 0 Å². The van der Waals surface area contributed by atoms with E-state index < -0.39 is 0 Å². The van der Waals surface area contributed by atoms with E-state index in [1.807, 2.05) is 12.1 Å². The fourth-order valence-corrected chi connectivity index (χ4v) is 3.52. The molecule has 0 spiro atoms. The summed E-state index contributed by atoms with van der Waals surface area (Å²) < 4.78 is 0. The Morgan fingerprint density at radius 3 is 2.45 bits per heavy atom. The molecule has 1 aromatic heterocycles. The van der Waals surface area contributed by atoms with Crippen LogP contribution in [0.15, 0.2) is 18.3 Å². The van der Waals surface area contributed by atoms with E-state index in [1.165, 1.54) is 12.8 Å². The van der Waals surface area contributed by atoms with Gasteiger partial charge in [0.1, 0.15) is 5.82 Å². The van der Waals surface area contributed by atoms with Gasteiger partial charge in [-0.3, -0.25) is 4.79 Å². The van der Waals surface area contributed by atoms with Crippen LogP contribution in [-0.2, 0) is 0 Å². The number of aromatic nitrogens is 1. The molecule has 5 nitrogen and oxygen atoms in total. The maximum Gasteiger partial charge on any atom is 0.254 e. The smallest absolute Gasteiger partial charge is 0.254 e. The molecule has 1 aromatic rings. The Bertz CT molecular complexity index is 485. The highest BCUT2D eigenvalue weighted by molar-refractivity contribution is 5.93. The Morgan fingerprint density at radius 2 is 1.95 bits per heavy atom. The molecule has 2 unspecified atom stereocenters. The minimum absolute atomic E-state index is 0.00677. The van der Waals surface area contributed by atoms with Crippen LogP contribution in [0.1, 0.15) is 36.0 Å². The lowest BCUT2D eigenvalue weighted by atomic mass is 9.98. The van der Waals surface area contributed by atoms with Gasteiger partial charge in [0.15, 0.2) is 0 Å². The zero-order valence-corrected chi connectivity index (χ0v) is 12.1. The molecule has 2 bridgehead atoms. The highest BCUT2D eigenvalue weighted by Gasteiger charge is 2.40. The molecule has 5 heteroatoms. The van der Waals surface area contributed by atoms with E-state index in [0.717, 1.165) is 18.7 Å². The number of amides is 1. The van der Waals surface area contributed by atoms with Crippen LogP contribution in [0.3, 0.4) is 0 Å². The molecule has 2 fully saturated rings. The van der Waals surface area contributed by atoms with Crippen LogP contribution in [0, 0.1) is 0 Å². The molecule has 108 valence electrons. The number of piperidine rings is 1. The molecule has 2 aliphatic heterocycles. The minimum atomic E-state index is -0.00677. The van der Waals surface area contributed by atoms with E-state index in [-0.39, 0.29) is 5.91 Å². The number of carbonyl (C=O) groups is 1. The van der Waals surface area contributed by atoms with E-state index in [9.17, 15) is 4.79 Å². The van der Waals surface area contributed by atoms with Crippen LogP contribution >= 0.6 is 0 Å². The zero-order chi connectivity index (χ0) is 14.3. The van der Waals surface area contributed by atoms with Gasteiger partial charge in [-0.2, -0.15) is 0 Å². The third-order valence-electron chi connectivity index (χ3n) is 4.44. The van der Waals surface area contributed by atoms with Gasteiger partial charge in [-0.05, 0) is 37.8 Å². The van der Waals surface area contributed by atoms with Crippen molar-refractivity contribution in [2.75, 3.05) is 19.0 Å². The van der Waals surface area contributed by atoms with E-state index in [0.29, 0.717) is 23.7 Å². The summed E-state index contributed by atoms with van der Waals surface area (Å²) >= 11 is 0. The molecule has 1 amide bonds. The van der Waals surface area contributed by atoms with Crippen LogP contribution in [0.2, 0.25) is 0 Å². The van der Waals surface area contributed by atoms with Crippen molar-refractivity contribution in [3.8, 4) is 0 Å². The van der Waals surface area contributed by atoms with Crippen molar-refractivity contribution >= 4 is 11.7 Å². The van der Waals surface area contributed by atoms with Crippen molar-refractivity contribution in [3.05, 3.63) is 23.9 Å². The molecule has 3 heterocycles. The van der Waals surface area contributed by atoms with Gasteiger partial charge < -0.3 is 15.5 Å². The maximum absolute atomic E-state index is 11.9. The number of hydrogen-bond acceptors (Lipinski definition) is 4. The predicted octanol–water partition coefficient (Wildman–Crippen LogP) is 1.24. The highest BCUT2D eigenvalue weighted by Crippen LogP contribution is 2.37. The number of rotatable bonds is 2. The summed E-state index contributed by atoms with van der Waals surface area (Å²) in [5.74, 6) is 0.979. The van der Waals surface area contributed by atoms with Gasteiger partial charge in [0.05, 0.1) is 5.56 Å². The van der Waals surface area contributed by atoms with E-state index in [1.54, 1.807) is 25.2 Å². The van der Waals surface area contributed by atoms with Crippen LogP contribution in [-0.4, -0.2) is 48.0 Å². The third kappa shape index (κ3) is 2.26. The molecule has 3 rings (SSSR count). The van der Waals surface area contributed by atoms with Gasteiger partial charge in [0, 0.05) is 38.4 Å². The van der Waals surface area contributed by atoms with E-state index in [2.05, 4.69) is 9.88 Å². The van der Waals surface area contributed by atoms with Gasteiger partial charge >= 0.3 is 0 Å². The molecular weight excluding hydrogens is 252 g/mol. The number of nitrogens with zero attached hydrogens (tertiary/aromatic N) is 3. The number of fused-ring (bicyclic) bond motifs is 2. The SMILES string of the molecule is CN(C)C(=O)c1ccc(N2C3CCC2CC(N)C3)nc1. The number of nitrogens with two attached hydrogens (primary N) is 1. The highest BCUT2D eigenvalue weighted by atomic mass is 16.2. The molecule has 2 N–H and O–H groups in total. The van der Waals surface area contributed by atoms with Crippen molar-refractivity contribution < 1.29 is 4.79 Å². The number of hydrogen-bond donors (Lipinski definition) is 1. The van der Waals surface area contributed by atoms with E-state index in [4.69, 9.17) is 5.73 Å². The lowest BCUT2D eigenvalue weighted by Crippen LogP contribution is -2.47. The first-order valence-electron chi connectivity index (χ1n) is 7.28. The first-order valence-corrected chi connectivity index (χ1v) is 7.28. The quantitative estimate of drug-likeness (QED) is 0.881. The first-order chi connectivity index (χ1) is 9.56. The molecular formula is C15H22N4O. The van der Waals surface area contributed by atoms with Gasteiger partial charge in [-0.1, -0.05) is 0 Å². The minimum Gasteiger partial charge on any atom is -0.351 e. The molecule has 0 aliphatic carbocycles. The second kappa shape index (κ2) is 5.05. The number of anilines is 1. The fourth-order valence-electron chi connectivity index (χ4n) is 3.52. The third-order valence-corrected chi connectivity index (χ3v) is 4.44. The monoisotopic (exact) mass is 274 g/mol. The topological polar surface area (TPSA) is 62.5 Å². The Balaban J connectivity index is 1.80. The first kappa shape index (κ1) is 13.4. The van der Waals surface area contributed by atoms with Gasteiger partial charge in [-0.25, -0.2) is 4.98 Å².